The van der Waals surface area contributed by atoms with E-state index in [4.69, 9.17) is 9.72 Å². The second kappa shape index (κ2) is 9.27. The molecule has 168 valence electrons. The zero-order valence-corrected chi connectivity index (χ0v) is 18.7. The molecule has 1 saturated carbocycles. The zero-order valence-electron chi connectivity index (χ0n) is 18.7. The molecule has 7 nitrogen and oxygen atoms in total. The summed E-state index contributed by atoms with van der Waals surface area (Å²) in [4.78, 5) is 25.3. The lowest BCUT2D eigenvalue weighted by atomic mass is 9.94. The third kappa shape index (κ3) is 4.36. The van der Waals surface area contributed by atoms with Crippen LogP contribution in [-0.4, -0.2) is 88.5 Å². The summed E-state index contributed by atoms with van der Waals surface area (Å²) >= 11 is 0. The maximum atomic E-state index is 13.6. The van der Waals surface area contributed by atoms with Crippen LogP contribution >= 0.6 is 0 Å². The van der Waals surface area contributed by atoms with Gasteiger partial charge < -0.3 is 14.0 Å². The summed E-state index contributed by atoms with van der Waals surface area (Å²) < 4.78 is 7.66. The lowest BCUT2D eigenvalue weighted by molar-refractivity contribution is 0.0516. The summed E-state index contributed by atoms with van der Waals surface area (Å²) in [5.41, 5.74) is 2.45. The first-order chi connectivity index (χ1) is 15.2. The van der Waals surface area contributed by atoms with Crippen LogP contribution in [0.1, 0.15) is 54.7 Å². The van der Waals surface area contributed by atoms with E-state index in [1.807, 2.05) is 29.3 Å². The van der Waals surface area contributed by atoms with Crippen molar-refractivity contribution in [2.45, 2.75) is 57.2 Å². The summed E-state index contributed by atoms with van der Waals surface area (Å²) in [5, 5.41) is 0. The summed E-state index contributed by atoms with van der Waals surface area (Å²) in [7, 11) is 2.12. The number of nitrogens with zero attached hydrogens (tertiary/aromatic N) is 5. The second-order valence-electron chi connectivity index (χ2n) is 9.39. The SMILES string of the molecule is CN(Cc1c(C(=O)N2CCN(C3CCCCC3)CC2)nc2ccccn12)C1CCOC1. The van der Waals surface area contributed by atoms with E-state index in [1.54, 1.807) is 0 Å². The molecule has 1 aliphatic carbocycles. The third-order valence-electron chi connectivity index (χ3n) is 7.45. The predicted octanol–water partition coefficient (Wildman–Crippen LogP) is 2.65. The van der Waals surface area contributed by atoms with Crippen LogP contribution in [0.15, 0.2) is 24.4 Å². The first-order valence-corrected chi connectivity index (χ1v) is 12.0. The topological polar surface area (TPSA) is 53.3 Å². The number of carbonyl (C=O) groups is 1. The van der Waals surface area contributed by atoms with Gasteiger partial charge >= 0.3 is 0 Å². The number of hydrogen-bond donors (Lipinski definition) is 0. The minimum Gasteiger partial charge on any atom is -0.380 e. The van der Waals surface area contributed by atoms with Gasteiger partial charge in [-0.3, -0.25) is 14.6 Å². The van der Waals surface area contributed by atoms with Crippen molar-refractivity contribution >= 4 is 11.6 Å². The maximum absolute atomic E-state index is 13.6. The highest BCUT2D eigenvalue weighted by atomic mass is 16.5. The van der Waals surface area contributed by atoms with Crippen LogP contribution < -0.4 is 0 Å². The largest absolute Gasteiger partial charge is 0.380 e. The molecule has 0 N–H and O–H groups in total. The molecule has 0 spiro atoms. The quantitative estimate of drug-likeness (QED) is 0.737. The first kappa shape index (κ1) is 20.9. The van der Waals surface area contributed by atoms with E-state index >= 15 is 0 Å². The Morgan fingerprint density at radius 2 is 1.94 bits per heavy atom. The molecule has 0 aromatic carbocycles. The third-order valence-corrected chi connectivity index (χ3v) is 7.45. The fourth-order valence-electron chi connectivity index (χ4n) is 5.49. The fraction of sp³-hybridized carbons (Fsp3) is 0.667. The van der Waals surface area contributed by atoms with Crippen molar-refractivity contribution in [3.05, 3.63) is 35.8 Å². The van der Waals surface area contributed by atoms with Crippen molar-refractivity contribution in [3.63, 3.8) is 0 Å². The molecule has 7 heteroatoms. The molecule has 1 amide bonds. The van der Waals surface area contributed by atoms with E-state index < -0.39 is 0 Å². The Labute approximate surface area is 185 Å². The minimum absolute atomic E-state index is 0.0815. The summed E-state index contributed by atoms with van der Waals surface area (Å²) in [6, 6.07) is 7.10. The van der Waals surface area contributed by atoms with Gasteiger partial charge in [-0.1, -0.05) is 25.3 Å². The lowest BCUT2D eigenvalue weighted by Crippen LogP contribution is -2.52. The molecular weight excluding hydrogens is 390 g/mol. The molecule has 0 radical (unpaired) electrons. The van der Waals surface area contributed by atoms with Gasteiger partial charge in [-0.05, 0) is 38.4 Å². The molecule has 31 heavy (non-hydrogen) atoms. The van der Waals surface area contributed by atoms with Crippen molar-refractivity contribution in [2.24, 2.45) is 0 Å². The molecule has 2 aromatic rings. The number of imidazole rings is 1. The molecule has 1 unspecified atom stereocenters. The van der Waals surface area contributed by atoms with Gasteiger partial charge in [-0.2, -0.15) is 0 Å². The molecule has 1 atom stereocenters. The van der Waals surface area contributed by atoms with Gasteiger partial charge in [0.25, 0.3) is 5.91 Å². The molecule has 5 rings (SSSR count). The van der Waals surface area contributed by atoms with Gasteiger partial charge in [0.15, 0.2) is 5.69 Å². The van der Waals surface area contributed by atoms with Crippen LogP contribution in [0.4, 0.5) is 0 Å². The summed E-state index contributed by atoms with van der Waals surface area (Å²) in [5.74, 6) is 0.0815. The van der Waals surface area contributed by atoms with Gasteiger partial charge in [-0.15, -0.1) is 0 Å². The van der Waals surface area contributed by atoms with E-state index in [0.717, 1.165) is 63.2 Å². The van der Waals surface area contributed by atoms with Gasteiger partial charge in [-0.25, -0.2) is 4.98 Å². The van der Waals surface area contributed by atoms with Crippen molar-refractivity contribution in [3.8, 4) is 0 Å². The van der Waals surface area contributed by atoms with Crippen molar-refractivity contribution in [1.82, 2.24) is 24.1 Å². The molecular formula is C24H35N5O2. The summed E-state index contributed by atoms with van der Waals surface area (Å²) in [6.45, 7) is 5.85. The standard InChI is InChI=1S/C24H35N5O2/c1-26(20-10-16-31-18-20)17-21-23(25-22-9-5-6-11-29(21)22)24(30)28-14-12-27(13-15-28)19-7-3-2-4-8-19/h5-6,9,11,19-20H,2-4,7-8,10,12-18H2,1H3. The molecule has 3 aliphatic rings. The highest BCUT2D eigenvalue weighted by molar-refractivity contribution is 5.94. The van der Waals surface area contributed by atoms with Crippen LogP contribution in [0.25, 0.3) is 5.65 Å². The molecule has 4 heterocycles. The van der Waals surface area contributed by atoms with Gasteiger partial charge in [0.05, 0.1) is 12.3 Å². The zero-order chi connectivity index (χ0) is 21.2. The number of rotatable bonds is 5. The molecule has 2 aliphatic heterocycles. The van der Waals surface area contributed by atoms with Crippen LogP contribution in [-0.2, 0) is 11.3 Å². The molecule has 0 bridgehead atoms. The highest BCUT2D eigenvalue weighted by Gasteiger charge is 2.31. The Morgan fingerprint density at radius 1 is 1.13 bits per heavy atom. The fourth-order valence-corrected chi connectivity index (χ4v) is 5.49. The van der Waals surface area contributed by atoms with Crippen LogP contribution in [0.2, 0.25) is 0 Å². The summed E-state index contributed by atoms with van der Waals surface area (Å²) in [6.07, 6.45) is 9.80. The minimum atomic E-state index is 0.0815. The first-order valence-electron chi connectivity index (χ1n) is 12.0. The number of piperazine rings is 1. The number of amides is 1. The maximum Gasteiger partial charge on any atom is 0.274 e. The number of fused-ring (bicyclic) bond motifs is 1. The second-order valence-corrected chi connectivity index (χ2v) is 9.39. The molecule has 3 fully saturated rings. The number of carbonyl (C=O) groups excluding carboxylic acids is 1. The van der Waals surface area contributed by atoms with Gasteiger partial charge in [0.1, 0.15) is 5.65 Å². The van der Waals surface area contributed by atoms with E-state index in [2.05, 4.69) is 21.2 Å². The van der Waals surface area contributed by atoms with Gasteiger partial charge in [0.2, 0.25) is 0 Å². The Hall–Kier alpha value is -1.96. The van der Waals surface area contributed by atoms with E-state index in [9.17, 15) is 4.79 Å². The smallest absolute Gasteiger partial charge is 0.274 e. The van der Waals surface area contributed by atoms with Crippen molar-refractivity contribution in [1.29, 1.82) is 0 Å². The van der Waals surface area contributed by atoms with Crippen LogP contribution in [0, 0.1) is 0 Å². The lowest BCUT2D eigenvalue weighted by Gasteiger charge is -2.40. The number of ether oxygens (including phenoxy) is 1. The number of hydrogen-bond acceptors (Lipinski definition) is 5. The Bertz CT molecular complexity index is 893. The Balaban J connectivity index is 1.32. The predicted molar refractivity (Wildman–Crippen MR) is 120 cm³/mol. The van der Waals surface area contributed by atoms with E-state index in [1.165, 1.54) is 32.1 Å². The Kier molecular flexibility index (Phi) is 6.25. The average molecular weight is 426 g/mol. The number of likely N-dealkylation sites (N-methyl/N-ethyl adjacent to an activating group) is 1. The Morgan fingerprint density at radius 3 is 2.68 bits per heavy atom. The average Bonchev–Trinajstić information content (AvgIpc) is 3.48. The normalized spacial score (nSPS) is 23.8. The van der Waals surface area contributed by atoms with Crippen LogP contribution in [0.3, 0.4) is 0 Å². The van der Waals surface area contributed by atoms with Crippen molar-refractivity contribution < 1.29 is 9.53 Å². The highest BCUT2D eigenvalue weighted by Crippen LogP contribution is 2.25. The monoisotopic (exact) mass is 425 g/mol. The number of pyridine rings is 1. The number of aromatic nitrogens is 2. The van der Waals surface area contributed by atoms with E-state index in [0.29, 0.717) is 18.3 Å². The van der Waals surface area contributed by atoms with E-state index in [-0.39, 0.29) is 5.91 Å². The molecule has 2 aromatic heterocycles. The van der Waals surface area contributed by atoms with Crippen molar-refractivity contribution in [2.75, 3.05) is 46.4 Å². The molecule has 2 saturated heterocycles. The van der Waals surface area contributed by atoms with Gasteiger partial charge in [0, 0.05) is 57.6 Å². The van der Waals surface area contributed by atoms with Crippen LogP contribution in [0.5, 0.6) is 0 Å².